The Kier molecular flexibility index (Phi) is 6.03. The second-order valence-electron chi connectivity index (χ2n) is 5.47. The van der Waals surface area contributed by atoms with E-state index in [1.54, 1.807) is 36.2 Å². The molecular weight excluding hydrogens is 336 g/mol. The highest BCUT2D eigenvalue weighted by molar-refractivity contribution is 6.35. The molecule has 122 valence electrons. The largest absolute Gasteiger partial charge is 0.339 e. The molecule has 1 atom stereocenters. The van der Waals surface area contributed by atoms with Gasteiger partial charge in [-0.05, 0) is 48.7 Å². The zero-order chi connectivity index (χ0) is 17.0. The Balaban J connectivity index is 1.99. The van der Waals surface area contributed by atoms with Crippen molar-refractivity contribution < 1.29 is 9.18 Å². The van der Waals surface area contributed by atoms with Crippen molar-refractivity contribution in [3.8, 4) is 0 Å². The van der Waals surface area contributed by atoms with Gasteiger partial charge in [-0.15, -0.1) is 0 Å². The number of carbonyl (C=O) groups excluding carboxylic acids is 1. The van der Waals surface area contributed by atoms with Gasteiger partial charge in [-0.25, -0.2) is 4.39 Å². The second-order valence-corrected chi connectivity index (χ2v) is 6.32. The van der Waals surface area contributed by atoms with E-state index < -0.39 is 0 Å². The summed E-state index contributed by atoms with van der Waals surface area (Å²) in [5.41, 5.74) is 1.79. The van der Waals surface area contributed by atoms with Crippen LogP contribution in [-0.2, 0) is 11.2 Å². The van der Waals surface area contributed by atoms with Crippen molar-refractivity contribution in [2.75, 3.05) is 7.05 Å². The molecule has 2 aromatic rings. The smallest absolute Gasteiger partial charge is 0.223 e. The molecule has 1 unspecified atom stereocenters. The molecule has 2 rings (SSSR count). The van der Waals surface area contributed by atoms with Crippen molar-refractivity contribution >= 4 is 29.1 Å². The number of aryl methyl sites for hydroxylation is 1. The van der Waals surface area contributed by atoms with Gasteiger partial charge >= 0.3 is 0 Å². The van der Waals surface area contributed by atoms with Crippen LogP contribution in [0.3, 0.4) is 0 Å². The fourth-order valence-corrected chi connectivity index (χ4v) is 2.91. The number of hydrogen-bond donors (Lipinski definition) is 0. The van der Waals surface area contributed by atoms with Crippen molar-refractivity contribution in [2.24, 2.45) is 0 Å². The highest BCUT2D eigenvalue weighted by atomic mass is 35.5. The fourth-order valence-electron chi connectivity index (χ4n) is 2.34. The van der Waals surface area contributed by atoms with E-state index in [4.69, 9.17) is 23.2 Å². The van der Waals surface area contributed by atoms with Crippen LogP contribution in [0.5, 0.6) is 0 Å². The summed E-state index contributed by atoms with van der Waals surface area (Å²) in [6, 6.07) is 11.3. The van der Waals surface area contributed by atoms with Crippen LogP contribution in [-0.4, -0.2) is 17.9 Å². The molecule has 0 heterocycles. The first-order chi connectivity index (χ1) is 10.9. The predicted molar refractivity (Wildman–Crippen MR) is 92.4 cm³/mol. The number of carbonyl (C=O) groups is 1. The standard InChI is InChI=1S/C18H18Cl2FNO/c1-12(16-9-6-14(19)11-17(16)20)22(2)18(23)10-5-13-3-7-15(21)8-4-13/h3-4,6-9,11-12H,5,10H2,1-2H3. The van der Waals surface area contributed by atoms with Gasteiger partial charge < -0.3 is 4.90 Å². The van der Waals surface area contributed by atoms with Crippen LogP contribution >= 0.6 is 23.2 Å². The van der Waals surface area contributed by atoms with Crippen molar-refractivity contribution in [3.63, 3.8) is 0 Å². The van der Waals surface area contributed by atoms with Crippen LogP contribution in [0.25, 0.3) is 0 Å². The van der Waals surface area contributed by atoms with Gasteiger partial charge in [0, 0.05) is 23.5 Å². The van der Waals surface area contributed by atoms with Gasteiger partial charge in [0.15, 0.2) is 0 Å². The fraction of sp³-hybridized carbons (Fsp3) is 0.278. The van der Waals surface area contributed by atoms with Crippen LogP contribution in [0, 0.1) is 5.82 Å². The zero-order valence-electron chi connectivity index (χ0n) is 13.0. The molecule has 0 radical (unpaired) electrons. The van der Waals surface area contributed by atoms with Gasteiger partial charge in [0.2, 0.25) is 5.91 Å². The van der Waals surface area contributed by atoms with E-state index in [-0.39, 0.29) is 17.8 Å². The molecule has 0 aliphatic carbocycles. The highest BCUT2D eigenvalue weighted by Gasteiger charge is 2.19. The monoisotopic (exact) mass is 353 g/mol. The molecule has 0 spiro atoms. The summed E-state index contributed by atoms with van der Waals surface area (Å²) < 4.78 is 12.9. The molecule has 2 nitrogen and oxygen atoms in total. The molecule has 0 fully saturated rings. The molecular formula is C18H18Cl2FNO. The van der Waals surface area contributed by atoms with Gasteiger partial charge in [0.25, 0.3) is 0 Å². The molecule has 0 bridgehead atoms. The topological polar surface area (TPSA) is 20.3 Å². The maximum atomic E-state index is 12.9. The average molecular weight is 354 g/mol. The Hall–Kier alpha value is -1.58. The Bertz CT molecular complexity index is 688. The van der Waals surface area contributed by atoms with E-state index in [9.17, 15) is 9.18 Å². The van der Waals surface area contributed by atoms with Crippen molar-refractivity contribution in [1.29, 1.82) is 0 Å². The maximum absolute atomic E-state index is 12.9. The molecule has 0 saturated carbocycles. The lowest BCUT2D eigenvalue weighted by Gasteiger charge is -2.26. The summed E-state index contributed by atoms with van der Waals surface area (Å²) in [6.07, 6.45) is 0.933. The molecule has 2 aromatic carbocycles. The third-order valence-corrected chi connectivity index (χ3v) is 4.49. The summed E-state index contributed by atoms with van der Waals surface area (Å²) in [5, 5.41) is 1.11. The lowest BCUT2D eigenvalue weighted by molar-refractivity contribution is -0.131. The van der Waals surface area contributed by atoms with E-state index in [0.717, 1.165) is 11.1 Å². The zero-order valence-corrected chi connectivity index (χ0v) is 14.5. The van der Waals surface area contributed by atoms with Gasteiger partial charge in [-0.3, -0.25) is 4.79 Å². The molecule has 0 aromatic heterocycles. The molecule has 0 aliphatic heterocycles. The minimum absolute atomic E-state index is 0.00726. The minimum Gasteiger partial charge on any atom is -0.339 e. The van der Waals surface area contributed by atoms with E-state index in [2.05, 4.69) is 0 Å². The number of hydrogen-bond acceptors (Lipinski definition) is 1. The highest BCUT2D eigenvalue weighted by Crippen LogP contribution is 2.29. The molecule has 0 saturated heterocycles. The summed E-state index contributed by atoms with van der Waals surface area (Å²) >= 11 is 12.1. The first-order valence-electron chi connectivity index (χ1n) is 7.33. The number of halogens is 3. The molecule has 5 heteroatoms. The van der Waals surface area contributed by atoms with E-state index in [1.165, 1.54) is 12.1 Å². The number of benzene rings is 2. The van der Waals surface area contributed by atoms with Crippen molar-refractivity contribution in [2.45, 2.75) is 25.8 Å². The predicted octanol–water partition coefficient (Wildman–Crippen LogP) is 5.28. The van der Waals surface area contributed by atoms with Crippen molar-refractivity contribution in [1.82, 2.24) is 4.90 Å². The van der Waals surface area contributed by atoms with Crippen LogP contribution in [0.4, 0.5) is 4.39 Å². The van der Waals surface area contributed by atoms with E-state index in [1.807, 2.05) is 13.0 Å². The summed E-state index contributed by atoms with van der Waals surface area (Å²) in [5.74, 6) is -0.268. The Morgan fingerprint density at radius 3 is 2.43 bits per heavy atom. The maximum Gasteiger partial charge on any atom is 0.223 e. The molecule has 0 aliphatic rings. The minimum atomic E-state index is -0.275. The van der Waals surface area contributed by atoms with Gasteiger partial charge in [0.05, 0.1) is 6.04 Å². The molecule has 1 amide bonds. The van der Waals surface area contributed by atoms with Crippen LogP contribution in [0.1, 0.15) is 30.5 Å². The third-order valence-electron chi connectivity index (χ3n) is 3.93. The Morgan fingerprint density at radius 2 is 1.83 bits per heavy atom. The average Bonchev–Trinajstić information content (AvgIpc) is 2.52. The summed E-state index contributed by atoms with van der Waals surface area (Å²) in [6.45, 7) is 1.92. The lowest BCUT2D eigenvalue weighted by atomic mass is 10.1. The first-order valence-corrected chi connectivity index (χ1v) is 8.09. The number of amides is 1. The second kappa shape index (κ2) is 7.80. The Morgan fingerprint density at radius 1 is 1.17 bits per heavy atom. The molecule has 0 N–H and O–H groups in total. The van der Waals surface area contributed by atoms with Crippen LogP contribution in [0.15, 0.2) is 42.5 Å². The molecule has 23 heavy (non-hydrogen) atoms. The van der Waals surface area contributed by atoms with Crippen LogP contribution < -0.4 is 0 Å². The number of nitrogens with zero attached hydrogens (tertiary/aromatic N) is 1. The quantitative estimate of drug-likeness (QED) is 0.715. The lowest BCUT2D eigenvalue weighted by Crippen LogP contribution is -2.30. The Labute approximate surface area is 145 Å². The number of rotatable bonds is 5. The normalized spacial score (nSPS) is 12.0. The van der Waals surface area contributed by atoms with Gasteiger partial charge in [0.1, 0.15) is 5.82 Å². The van der Waals surface area contributed by atoms with Crippen molar-refractivity contribution in [3.05, 3.63) is 69.5 Å². The summed E-state index contributed by atoms with van der Waals surface area (Å²) in [7, 11) is 1.75. The first kappa shape index (κ1) is 17.8. The SMILES string of the molecule is CC(c1ccc(Cl)cc1Cl)N(C)C(=O)CCc1ccc(F)cc1. The summed E-state index contributed by atoms with van der Waals surface area (Å²) in [4.78, 5) is 14.0. The van der Waals surface area contributed by atoms with E-state index >= 15 is 0 Å². The van der Waals surface area contributed by atoms with Gasteiger partial charge in [-0.2, -0.15) is 0 Å². The van der Waals surface area contributed by atoms with E-state index in [0.29, 0.717) is 22.9 Å². The third kappa shape index (κ3) is 4.69. The van der Waals surface area contributed by atoms with Crippen LogP contribution in [0.2, 0.25) is 10.0 Å². The van der Waals surface area contributed by atoms with Gasteiger partial charge in [-0.1, -0.05) is 41.4 Å².